The van der Waals surface area contributed by atoms with Gasteiger partial charge in [0.15, 0.2) is 0 Å². The fourth-order valence-electron chi connectivity index (χ4n) is 3.18. The number of nitrogens with zero attached hydrogens (tertiary/aromatic N) is 3. The standard InChI is InChI=1S/C19H29N3O3/c1-14(2)11-17(24)16-5-4-8-22(13-16)19(25)15-6-7-18(20-12-15)21(3)9-10-23/h6-7,12,14,16,23H,4-5,8-11,13H2,1-3H3/t16-/m0/s1. The summed E-state index contributed by atoms with van der Waals surface area (Å²) < 4.78 is 0. The molecule has 0 radical (unpaired) electrons. The van der Waals surface area contributed by atoms with Crippen LogP contribution in [0.1, 0.15) is 43.5 Å². The van der Waals surface area contributed by atoms with Crippen molar-refractivity contribution >= 4 is 17.5 Å². The lowest BCUT2D eigenvalue weighted by molar-refractivity contribution is -0.124. The van der Waals surface area contributed by atoms with Gasteiger partial charge < -0.3 is 14.9 Å². The highest BCUT2D eigenvalue weighted by Gasteiger charge is 2.29. The van der Waals surface area contributed by atoms with E-state index in [0.29, 0.717) is 43.4 Å². The molecule has 25 heavy (non-hydrogen) atoms. The van der Waals surface area contributed by atoms with E-state index in [-0.39, 0.29) is 24.2 Å². The average Bonchev–Trinajstić information content (AvgIpc) is 2.61. The number of likely N-dealkylation sites (N-methyl/N-ethyl adjacent to an activating group) is 1. The SMILES string of the molecule is CC(C)CC(=O)[C@H]1CCCN(C(=O)c2ccc(N(C)CCO)nc2)C1. The Morgan fingerprint density at radius 2 is 2.16 bits per heavy atom. The molecule has 1 N–H and O–H groups in total. The van der Waals surface area contributed by atoms with Crippen LogP contribution in [0, 0.1) is 11.8 Å². The number of aromatic nitrogens is 1. The van der Waals surface area contributed by atoms with E-state index in [1.165, 1.54) is 0 Å². The number of anilines is 1. The quantitative estimate of drug-likeness (QED) is 0.816. The number of rotatable bonds is 7. The number of ketones is 1. The third-order valence-electron chi connectivity index (χ3n) is 4.59. The Morgan fingerprint density at radius 1 is 1.40 bits per heavy atom. The Balaban J connectivity index is 2.00. The number of hydrogen-bond acceptors (Lipinski definition) is 5. The molecular formula is C19H29N3O3. The van der Waals surface area contributed by atoms with Crippen LogP contribution in [0.4, 0.5) is 5.82 Å². The van der Waals surface area contributed by atoms with Gasteiger partial charge in [0.25, 0.3) is 5.91 Å². The number of Topliss-reactive ketones (excluding diaryl/α,β-unsaturated/α-hetero) is 1. The molecule has 0 unspecified atom stereocenters. The summed E-state index contributed by atoms with van der Waals surface area (Å²) >= 11 is 0. The minimum Gasteiger partial charge on any atom is -0.395 e. The molecule has 0 bridgehead atoms. The summed E-state index contributed by atoms with van der Waals surface area (Å²) in [5.41, 5.74) is 0.540. The first-order chi connectivity index (χ1) is 11.9. The van der Waals surface area contributed by atoms with Crippen LogP contribution in [-0.4, -0.2) is 60.0 Å². The molecule has 0 spiro atoms. The van der Waals surface area contributed by atoms with E-state index in [2.05, 4.69) is 4.98 Å². The number of aliphatic hydroxyl groups excluding tert-OH is 1. The highest BCUT2D eigenvalue weighted by Crippen LogP contribution is 2.22. The maximum Gasteiger partial charge on any atom is 0.255 e. The van der Waals surface area contributed by atoms with Crippen molar-refractivity contribution in [3.05, 3.63) is 23.9 Å². The second-order valence-corrected chi connectivity index (χ2v) is 7.20. The Bertz CT molecular complexity index is 586. The normalized spacial score (nSPS) is 17.6. The first-order valence-electron chi connectivity index (χ1n) is 9.02. The number of amides is 1. The molecule has 0 aromatic carbocycles. The number of carbonyl (C=O) groups is 2. The van der Waals surface area contributed by atoms with Crippen molar-refractivity contribution in [3.8, 4) is 0 Å². The molecule has 0 aliphatic carbocycles. The van der Waals surface area contributed by atoms with Crippen LogP contribution in [0.2, 0.25) is 0 Å². The van der Waals surface area contributed by atoms with Crippen LogP contribution in [0.15, 0.2) is 18.3 Å². The number of hydrogen-bond donors (Lipinski definition) is 1. The van der Waals surface area contributed by atoms with Crippen molar-refractivity contribution in [3.63, 3.8) is 0 Å². The maximum atomic E-state index is 12.7. The van der Waals surface area contributed by atoms with E-state index in [1.54, 1.807) is 23.2 Å². The van der Waals surface area contributed by atoms with Crippen molar-refractivity contribution in [1.82, 2.24) is 9.88 Å². The molecule has 1 amide bonds. The smallest absolute Gasteiger partial charge is 0.255 e. The van der Waals surface area contributed by atoms with E-state index in [9.17, 15) is 9.59 Å². The second-order valence-electron chi connectivity index (χ2n) is 7.20. The molecule has 1 fully saturated rings. The number of likely N-dealkylation sites (tertiary alicyclic amines) is 1. The Morgan fingerprint density at radius 3 is 2.76 bits per heavy atom. The zero-order valence-corrected chi connectivity index (χ0v) is 15.4. The van der Waals surface area contributed by atoms with E-state index in [4.69, 9.17) is 5.11 Å². The van der Waals surface area contributed by atoms with Crippen molar-refractivity contribution in [1.29, 1.82) is 0 Å². The van der Waals surface area contributed by atoms with Crippen LogP contribution in [0.25, 0.3) is 0 Å². The first kappa shape index (κ1) is 19.4. The molecule has 2 heterocycles. The largest absolute Gasteiger partial charge is 0.395 e. The fraction of sp³-hybridized carbons (Fsp3) is 0.632. The van der Waals surface area contributed by atoms with Gasteiger partial charge in [-0.3, -0.25) is 9.59 Å². The highest BCUT2D eigenvalue weighted by molar-refractivity contribution is 5.94. The lowest BCUT2D eigenvalue weighted by Crippen LogP contribution is -2.42. The second kappa shape index (κ2) is 8.94. The van der Waals surface area contributed by atoms with Gasteiger partial charge in [-0.15, -0.1) is 0 Å². The third-order valence-corrected chi connectivity index (χ3v) is 4.59. The minimum absolute atomic E-state index is 0.0389. The van der Waals surface area contributed by atoms with Gasteiger partial charge in [0.1, 0.15) is 11.6 Å². The van der Waals surface area contributed by atoms with Gasteiger partial charge in [-0.2, -0.15) is 0 Å². The maximum absolute atomic E-state index is 12.7. The molecule has 2 rings (SSSR count). The molecular weight excluding hydrogens is 318 g/mol. The van der Waals surface area contributed by atoms with Gasteiger partial charge in [0, 0.05) is 45.2 Å². The summed E-state index contributed by atoms with van der Waals surface area (Å²) in [4.78, 5) is 33.0. The van der Waals surface area contributed by atoms with Crippen LogP contribution in [-0.2, 0) is 4.79 Å². The van der Waals surface area contributed by atoms with Crippen LogP contribution in [0.5, 0.6) is 0 Å². The van der Waals surface area contributed by atoms with E-state index >= 15 is 0 Å². The van der Waals surface area contributed by atoms with Crippen molar-refractivity contribution < 1.29 is 14.7 Å². The zero-order valence-electron chi connectivity index (χ0n) is 15.4. The number of carbonyl (C=O) groups excluding carboxylic acids is 2. The summed E-state index contributed by atoms with van der Waals surface area (Å²) in [7, 11) is 1.84. The van der Waals surface area contributed by atoms with Gasteiger partial charge in [0.05, 0.1) is 12.2 Å². The van der Waals surface area contributed by atoms with Gasteiger partial charge in [-0.1, -0.05) is 13.8 Å². The zero-order chi connectivity index (χ0) is 18.4. The molecule has 1 atom stereocenters. The number of pyridine rings is 1. The predicted molar refractivity (Wildman–Crippen MR) is 97.7 cm³/mol. The van der Waals surface area contributed by atoms with Crippen molar-refractivity contribution in [2.75, 3.05) is 38.2 Å². The predicted octanol–water partition coefficient (Wildman–Crippen LogP) is 1.98. The Hall–Kier alpha value is -1.95. The van der Waals surface area contributed by atoms with Gasteiger partial charge in [0.2, 0.25) is 0 Å². The summed E-state index contributed by atoms with van der Waals surface area (Å²) in [6, 6.07) is 3.55. The lowest BCUT2D eigenvalue weighted by atomic mass is 9.89. The number of aliphatic hydroxyl groups is 1. The monoisotopic (exact) mass is 347 g/mol. The average molecular weight is 347 g/mol. The molecule has 1 aromatic heterocycles. The number of piperidine rings is 1. The molecule has 1 aliphatic heterocycles. The summed E-state index contributed by atoms with van der Waals surface area (Å²) in [5.74, 6) is 1.24. The topological polar surface area (TPSA) is 73.7 Å². The highest BCUT2D eigenvalue weighted by atomic mass is 16.3. The summed E-state index contributed by atoms with van der Waals surface area (Å²) in [6.45, 7) is 5.84. The van der Waals surface area contributed by atoms with Crippen LogP contribution < -0.4 is 4.90 Å². The Labute approximate surface area is 149 Å². The third kappa shape index (κ3) is 5.26. The lowest BCUT2D eigenvalue weighted by Gasteiger charge is -2.32. The van der Waals surface area contributed by atoms with Crippen LogP contribution in [0.3, 0.4) is 0 Å². The molecule has 1 aromatic rings. The molecule has 138 valence electrons. The van der Waals surface area contributed by atoms with Crippen molar-refractivity contribution in [2.24, 2.45) is 11.8 Å². The minimum atomic E-state index is -0.0640. The summed E-state index contributed by atoms with van der Waals surface area (Å²) in [5, 5.41) is 8.98. The van der Waals surface area contributed by atoms with Gasteiger partial charge >= 0.3 is 0 Å². The molecule has 6 nitrogen and oxygen atoms in total. The van der Waals surface area contributed by atoms with E-state index in [0.717, 1.165) is 12.8 Å². The Kier molecular flexibility index (Phi) is 6.93. The van der Waals surface area contributed by atoms with Crippen molar-refractivity contribution in [2.45, 2.75) is 33.1 Å². The molecule has 6 heteroatoms. The van der Waals surface area contributed by atoms with E-state index in [1.807, 2.05) is 25.8 Å². The summed E-state index contributed by atoms with van der Waals surface area (Å²) in [6.07, 6.45) is 3.90. The van der Waals surface area contributed by atoms with Gasteiger partial charge in [-0.25, -0.2) is 4.98 Å². The molecule has 1 aliphatic rings. The first-order valence-corrected chi connectivity index (χ1v) is 9.02. The molecule has 1 saturated heterocycles. The molecule has 0 saturated carbocycles. The van der Waals surface area contributed by atoms with E-state index < -0.39 is 0 Å². The van der Waals surface area contributed by atoms with Gasteiger partial charge in [-0.05, 0) is 30.9 Å². The fourth-order valence-corrected chi connectivity index (χ4v) is 3.18. The van der Waals surface area contributed by atoms with Crippen LogP contribution >= 0.6 is 0 Å².